The molecule has 0 amide bonds. The molecule has 2 rings (SSSR count). The Bertz CT molecular complexity index is 282. The van der Waals surface area contributed by atoms with Gasteiger partial charge >= 0.3 is 0 Å². The Morgan fingerprint density at radius 2 is 1.36 bits per heavy atom. The predicted molar refractivity (Wildman–Crippen MR) is 49.4 cm³/mol. The molecule has 0 saturated carbocycles. The number of hydrogen-bond donors (Lipinski definition) is 2. The summed E-state index contributed by atoms with van der Waals surface area (Å²) < 4.78 is 10.9. The van der Waals surface area contributed by atoms with Crippen molar-refractivity contribution in [1.29, 1.82) is 0 Å². The zero-order valence-electron chi connectivity index (χ0n) is 7.59. The van der Waals surface area contributed by atoms with E-state index in [1.165, 1.54) is 0 Å². The smallest absolute Gasteiger partial charge is 0.161 e. The molecule has 1 aromatic rings. The highest BCUT2D eigenvalue weighted by atomic mass is 16.6. The second-order valence-corrected chi connectivity index (χ2v) is 3.12. The molecule has 76 valence electrons. The van der Waals surface area contributed by atoms with Gasteiger partial charge in [-0.3, -0.25) is 0 Å². The van der Waals surface area contributed by atoms with E-state index in [1.807, 2.05) is 12.1 Å². The van der Waals surface area contributed by atoms with Crippen molar-refractivity contribution >= 4 is 0 Å². The Morgan fingerprint density at radius 3 is 1.71 bits per heavy atom. The van der Waals surface area contributed by atoms with Crippen molar-refractivity contribution in [3.05, 3.63) is 24.3 Å². The van der Waals surface area contributed by atoms with Crippen molar-refractivity contribution in [3.63, 3.8) is 0 Å². The van der Waals surface area contributed by atoms with Gasteiger partial charge in [-0.15, -0.1) is 0 Å². The summed E-state index contributed by atoms with van der Waals surface area (Å²) in [5.74, 6) is 1.22. The van der Waals surface area contributed by atoms with Crippen molar-refractivity contribution in [2.24, 2.45) is 0 Å². The first-order valence-corrected chi connectivity index (χ1v) is 4.49. The first-order chi connectivity index (χ1) is 6.85. The molecule has 2 unspecified atom stereocenters. The second-order valence-electron chi connectivity index (χ2n) is 3.12. The van der Waals surface area contributed by atoms with E-state index >= 15 is 0 Å². The number of fused-ring (bicyclic) bond motifs is 1. The Hall–Kier alpha value is -1.26. The summed E-state index contributed by atoms with van der Waals surface area (Å²) in [5.41, 5.74) is 0. The summed E-state index contributed by atoms with van der Waals surface area (Å²) in [6.07, 6.45) is -0.982. The molecule has 1 heterocycles. The Morgan fingerprint density at radius 1 is 0.929 bits per heavy atom. The molecule has 1 aliphatic heterocycles. The van der Waals surface area contributed by atoms with E-state index in [9.17, 15) is 0 Å². The summed E-state index contributed by atoms with van der Waals surface area (Å²) in [6, 6.07) is 7.20. The van der Waals surface area contributed by atoms with Crippen LogP contribution in [0.3, 0.4) is 0 Å². The summed E-state index contributed by atoms with van der Waals surface area (Å²) in [6.45, 7) is -0.334. The molecule has 14 heavy (non-hydrogen) atoms. The van der Waals surface area contributed by atoms with Crippen molar-refractivity contribution in [2.75, 3.05) is 13.2 Å². The number of rotatable bonds is 2. The molecular formula is C10H12O4. The lowest BCUT2D eigenvalue weighted by molar-refractivity contribution is -0.0350. The molecule has 0 aliphatic carbocycles. The lowest BCUT2D eigenvalue weighted by Gasteiger charge is -2.31. The molecule has 0 spiro atoms. The monoisotopic (exact) mass is 196 g/mol. The van der Waals surface area contributed by atoms with Gasteiger partial charge in [0, 0.05) is 0 Å². The number of hydrogen-bond acceptors (Lipinski definition) is 4. The number of aliphatic hydroxyl groups is 2. The van der Waals surface area contributed by atoms with Crippen LogP contribution in [0.2, 0.25) is 0 Å². The zero-order valence-corrected chi connectivity index (χ0v) is 7.59. The van der Waals surface area contributed by atoms with Gasteiger partial charge in [0.2, 0.25) is 0 Å². The maximum atomic E-state index is 9.00. The van der Waals surface area contributed by atoms with Gasteiger partial charge in [-0.25, -0.2) is 0 Å². The fraction of sp³-hybridized carbons (Fsp3) is 0.400. The van der Waals surface area contributed by atoms with Gasteiger partial charge in [-0.05, 0) is 12.1 Å². The number of benzene rings is 1. The SMILES string of the molecule is OCC1Oc2ccccc2OC1CO. The summed E-state index contributed by atoms with van der Waals surface area (Å²) in [4.78, 5) is 0. The van der Waals surface area contributed by atoms with E-state index < -0.39 is 12.2 Å². The minimum absolute atomic E-state index is 0.167. The second kappa shape index (κ2) is 3.86. The van der Waals surface area contributed by atoms with Crippen molar-refractivity contribution in [2.45, 2.75) is 12.2 Å². The highest BCUT2D eigenvalue weighted by Crippen LogP contribution is 2.33. The fourth-order valence-corrected chi connectivity index (χ4v) is 1.43. The van der Waals surface area contributed by atoms with Gasteiger partial charge in [-0.1, -0.05) is 12.1 Å². The third-order valence-corrected chi connectivity index (χ3v) is 2.18. The molecule has 0 saturated heterocycles. The van der Waals surface area contributed by atoms with Gasteiger partial charge in [0.05, 0.1) is 13.2 Å². The van der Waals surface area contributed by atoms with Gasteiger partial charge in [-0.2, -0.15) is 0 Å². The van der Waals surface area contributed by atoms with Crippen molar-refractivity contribution in [1.82, 2.24) is 0 Å². The van der Waals surface area contributed by atoms with Crippen LogP contribution in [0.1, 0.15) is 0 Å². The van der Waals surface area contributed by atoms with Crippen LogP contribution in [0, 0.1) is 0 Å². The van der Waals surface area contributed by atoms with Crippen LogP contribution in [-0.2, 0) is 0 Å². The zero-order chi connectivity index (χ0) is 9.97. The van der Waals surface area contributed by atoms with E-state index in [0.29, 0.717) is 11.5 Å². The highest BCUT2D eigenvalue weighted by Gasteiger charge is 2.30. The molecule has 1 aromatic carbocycles. The van der Waals surface area contributed by atoms with Crippen LogP contribution in [0.15, 0.2) is 24.3 Å². The van der Waals surface area contributed by atoms with E-state index in [2.05, 4.69) is 0 Å². The molecule has 0 fully saturated rings. The molecule has 0 aromatic heterocycles. The van der Waals surface area contributed by atoms with Crippen LogP contribution in [0.4, 0.5) is 0 Å². The van der Waals surface area contributed by atoms with Gasteiger partial charge in [0.15, 0.2) is 23.7 Å². The highest BCUT2D eigenvalue weighted by molar-refractivity contribution is 5.41. The van der Waals surface area contributed by atoms with E-state index in [4.69, 9.17) is 19.7 Å². The number of para-hydroxylation sites is 2. The molecule has 2 N–H and O–H groups in total. The quantitative estimate of drug-likeness (QED) is 0.708. The third-order valence-electron chi connectivity index (χ3n) is 2.18. The lowest BCUT2D eigenvalue weighted by atomic mass is 10.2. The van der Waals surface area contributed by atoms with Gasteiger partial charge in [0.1, 0.15) is 0 Å². The third kappa shape index (κ3) is 1.54. The molecule has 0 bridgehead atoms. The van der Waals surface area contributed by atoms with Gasteiger partial charge < -0.3 is 19.7 Å². The molecule has 0 radical (unpaired) electrons. The average molecular weight is 196 g/mol. The van der Waals surface area contributed by atoms with E-state index in [1.54, 1.807) is 12.1 Å². The molecule has 4 heteroatoms. The maximum Gasteiger partial charge on any atom is 0.161 e. The molecule has 4 nitrogen and oxygen atoms in total. The molecular weight excluding hydrogens is 184 g/mol. The van der Waals surface area contributed by atoms with Crippen LogP contribution < -0.4 is 9.47 Å². The summed E-state index contributed by atoms with van der Waals surface area (Å²) in [7, 11) is 0. The van der Waals surface area contributed by atoms with Crippen LogP contribution in [0.25, 0.3) is 0 Å². The molecule has 1 aliphatic rings. The van der Waals surface area contributed by atoms with Crippen molar-refractivity contribution < 1.29 is 19.7 Å². The Balaban J connectivity index is 2.25. The number of aliphatic hydroxyl groups excluding tert-OH is 2. The van der Waals surface area contributed by atoms with Crippen molar-refractivity contribution in [3.8, 4) is 11.5 Å². The Labute approximate surface area is 81.7 Å². The van der Waals surface area contributed by atoms with Gasteiger partial charge in [0.25, 0.3) is 0 Å². The lowest BCUT2D eigenvalue weighted by Crippen LogP contribution is -2.44. The first kappa shape index (κ1) is 9.30. The number of ether oxygens (including phenoxy) is 2. The molecule has 2 atom stereocenters. The normalized spacial score (nSPS) is 24.7. The van der Waals surface area contributed by atoms with Crippen LogP contribution in [-0.4, -0.2) is 35.6 Å². The minimum atomic E-state index is -0.491. The average Bonchev–Trinajstić information content (AvgIpc) is 2.27. The van der Waals surface area contributed by atoms with E-state index in [-0.39, 0.29) is 13.2 Å². The van der Waals surface area contributed by atoms with Crippen LogP contribution >= 0.6 is 0 Å². The van der Waals surface area contributed by atoms with Crippen LogP contribution in [0.5, 0.6) is 11.5 Å². The predicted octanol–water partition coefficient (Wildman–Crippen LogP) is 0.180. The Kier molecular flexibility index (Phi) is 2.56. The fourth-order valence-electron chi connectivity index (χ4n) is 1.43. The largest absolute Gasteiger partial charge is 0.480 e. The summed E-state index contributed by atoms with van der Waals surface area (Å²) >= 11 is 0. The topological polar surface area (TPSA) is 58.9 Å². The summed E-state index contributed by atoms with van der Waals surface area (Å²) in [5, 5.41) is 18.0. The standard InChI is InChI=1S/C10H12O4/c11-5-9-10(6-12)14-8-4-2-1-3-7(8)13-9/h1-4,9-12H,5-6H2. The van der Waals surface area contributed by atoms with E-state index in [0.717, 1.165) is 0 Å². The minimum Gasteiger partial charge on any atom is -0.480 e. The first-order valence-electron chi connectivity index (χ1n) is 4.49. The maximum absolute atomic E-state index is 9.00.